The summed E-state index contributed by atoms with van der Waals surface area (Å²) < 4.78 is 23.4. The molecule has 0 aliphatic carbocycles. The summed E-state index contributed by atoms with van der Waals surface area (Å²) in [5.74, 6) is 0.0242. The van der Waals surface area contributed by atoms with Crippen molar-refractivity contribution in [3.63, 3.8) is 0 Å². The summed E-state index contributed by atoms with van der Waals surface area (Å²) >= 11 is 9.18. The normalized spacial score (nSPS) is 21.3. The third-order valence-corrected chi connectivity index (χ3v) is 5.77. The van der Waals surface area contributed by atoms with Gasteiger partial charge in [0.15, 0.2) is 9.84 Å². The molecule has 0 spiro atoms. The number of halogens is 2. The first kappa shape index (κ1) is 14.8. The summed E-state index contributed by atoms with van der Waals surface area (Å²) in [6.45, 7) is 0. The smallest absolute Gasteiger partial charge is 0.224 e. The van der Waals surface area contributed by atoms with Crippen molar-refractivity contribution in [2.45, 2.75) is 12.8 Å². The molecule has 0 saturated carbocycles. The first-order chi connectivity index (χ1) is 8.85. The Labute approximate surface area is 125 Å². The van der Waals surface area contributed by atoms with Crippen LogP contribution in [0.3, 0.4) is 0 Å². The number of nitrogens with one attached hydrogen (secondary N) is 1. The van der Waals surface area contributed by atoms with Gasteiger partial charge in [-0.05, 0) is 46.5 Å². The Morgan fingerprint density at radius 3 is 2.84 bits per heavy atom. The fourth-order valence-electron chi connectivity index (χ4n) is 2.09. The van der Waals surface area contributed by atoms with Crippen LogP contribution in [-0.2, 0) is 14.6 Å². The predicted octanol–water partition coefficient (Wildman–Crippen LogP) is 2.87. The average molecular weight is 367 g/mol. The maximum absolute atomic E-state index is 11.9. The number of anilines is 1. The van der Waals surface area contributed by atoms with Crippen LogP contribution in [0.5, 0.6) is 0 Å². The molecule has 1 unspecified atom stereocenters. The second-order valence-corrected chi connectivity index (χ2v) is 8.17. The van der Waals surface area contributed by atoms with Gasteiger partial charge in [-0.15, -0.1) is 0 Å². The Morgan fingerprint density at radius 2 is 2.21 bits per heavy atom. The number of hydrogen-bond donors (Lipinski definition) is 1. The molecule has 4 nitrogen and oxygen atoms in total. The Hall–Kier alpha value is -0.590. The maximum Gasteiger partial charge on any atom is 0.224 e. The first-order valence-corrected chi connectivity index (χ1v) is 8.80. The first-order valence-electron chi connectivity index (χ1n) is 5.81. The highest BCUT2D eigenvalue weighted by Crippen LogP contribution is 2.27. The lowest BCUT2D eigenvalue weighted by molar-refractivity contribution is -0.116. The quantitative estimate of drug-likeness (QED) is 0.894. The van der Waals surface area contributed by atoms with Crippen LogP contribution in [0, 0.1) is 5.92 Å². The highest BCUT2D eigenvalue weighted by molar-refractivity contribution is 9.10. The van der Waals surface area contributed by atoms with Gasteiger partial charge in [0, 0.05) is 15.9 Å². The number of hydrogen-bond acceptors (Lipinski definition) is 3. The molecule has 0 aromatic heterocycles. The molecule has 1 atom stereocenters. The third kappa shape index (κ3) is 4.19. The number of sulfone groups is 1. The summed E-state index contributed by atoms with van der Waals surface area (Å²) in [6, 6.07) is 5.11. The second-order valence-electron chi connectivity index (χ2n) is 4.65. The van der Waals surface area contributed by atoms with Crippen molar-refractivity contribution in [3.8, 4) is 0 Å². The number of carbonyl (C=O) groups excluding carboxylic acids is 1. The van der Waals surface area contributed by atoms with E-state index >= 15 is 0 Å². The lowest BCUT2D eigenvalue weighted by atomic mass is 10.1. The van der Waals surface area contributed by atoms with Crippen molar-refractivity contribution in [1.82, 2.24) is 0 Å². The highest BCUT2D eigenvalue weighted by atomic mass is 79.9. The molecule has 0 radical (unpaired) electrons. The number of carbonyl (C=O) groups is 1. The number of amides is 1. The van der Waals surface area contributed by atoms with Crippen LogP contribution in [0.4, 0.5) is 5.69 Å². The van der Waals surface area contributed by atoms with Gasteiger partial charge >= 0.3 is 0 Å². The minimum Gasteiger partial charge on any atom is -0.325 e. The van der Waals surface area contributed by atoms with Gasteiger partial charge in [-0.2, -0.15) is 0 Å². The molecule has 104 valence electrons. The van der Waals surface area contributed by atoms with Gasteiger partial charge in [-0.25, -0.2) is 8.42 Å². The van der Waals surface area contributed by atoms with E-state index in [1.165, 1.54) is 0 Å². The number of benzene rings is 1. The maximum atomic E-state index is 11.9. The van der Waals surface area contributed by atoms with Crippen molar-refractivity contribution in [2.24, 2.45) is 5.92 Å². The SMILES string of the molecule is O=C(CC1CCS(=O)(=O)C1)Nc1cc(Cl)ccc1Br. The molecule has 2 rings (SSSR count). The molecule has 7 heteroatoms. The van der Waals surface area contributed by atoms with Gasteiger partial charge in [0.05, 0.1) is 17.2 Å². The van der Waals surface area contributed by atoms with E-state index in [9.17, 15) is 13.2 Å². The van der Waals surface area contributed by atoms with Crippen LogP contribution < -0.4 is 5.32 Å². The molecule has 1 N–H and O–H groups in total. The van der Waals surface area contributed by atoms with Crippen LogP contribution in [0.15, 0.2) is 22.7 Å². The van der Waals surface area contributed by atoms with Gasteiger partial charge in [0.25, 0.3) is 0 Å². The van der Waals surface area contributed by atoms with Gasteiger partial charge in [-0.1, -0.05) is 11.6 Å². The van der Waals surface area contributed by atoms with E-state index in [-0.39, 0.29) is 29.8 Å². The van der Waals surface area contributed by atoms with Gasteiger partial charge in [0.2, 0.25) is 5.91 Å². The van der Waals surface area contributed by atoms with E-state index in [1.807, 2.05) is 0 Å². The molecule has 1 aliphatic heterocycles. The molecule has 0 bridgehead atoms. The summed E-state index contributed by atoms with van der Waals surface area (Å²) in [5, 5.41) is 3.27. The van der Waals surface area contributed by atoms with Crippen molar-refractivity contribution in [3.05, 3.63) is 27.7 Å². The molecule has 1 fully saturated rings. The van der Waals surface area contributed by atoms with Crippen molar-refractivity contribution in [1.29, 1.82) is 0 Å². The minimum atomic E-state index is -2.94. The molecule has 1 aliphatic rings. The van der Waals surface area contributed by atoms with E-state index in [2.05, 4.69) is 21.2 Å². The zero-order valence-electron chi connectivity index (χ0n) is 10.0. The second kappa shape index (κ2) is 5.81. The molecule has 19 heavy (non-hydrogen) atoms. The Balaban J connectivity index is 1.97. The van der Waals surface area contributed by atoms with Crippen molar-refractivity contribution < 1.29 is 13.2 Å². The highest BCUT2D eigenvalue weighted by Gasteiger charge is 2.29. The van der Waals surface area contributed by atoms with Crippen molar-refractivity contribution in [2.75, 3.05) is 16.8 Å². The molecule has 1 aromatic carbocycles. The monoisotopic (exact) mass is 365 g/mol. The molecule has 1 aromatic rings. The molecular weight excluding hydrogens is 354 g/mol. The van der Waals surface area contributed by atoms with Crippen molar-refractivity contribution >= 4 is 49.0 Å². The van der Waals surface area contributed by atoms with Crippen LogP contribution in [0.25, 0.3) is 0 Å². The Morgan fingerprint density at radius 1 is 1.47 bits per heavy atom. The predicted molar refractivity (Wildman–Crippen MR) is 79.2 cm³/mol. The zero-order valence-corrected chi connectivity index (χ0v) is 13.2. The van der Waals surface area contributed by atoms with Gasteiger partial charge < -0.3 is 5.32 Å². The van der Waals surface area contributed by atoms with Gasteiger partial charge in [0.1, 0.15) is 0 Å². The third-order valence-electron chi connectivity index (χ3n) is 3.00. The lowest BCUT2D eigenvalue weighted by Crippen LogP contribution is -2.17. The molecule has 1 amide bonds. The summed E-state index contributed by atoms with van der Waals surface area (Å²) in [6.07, 6.45) is 0.782. The Bertz CT molecular complexity index is 603. The summed E-state index contributed by atoms with van der Waals surface area (Å²) in [4.78, 5) is 11.9. The molecular formula is C12H13BrClNO3S. The topological polar surface area (TPSA) is 63.2 Å². The van der Waals surface area contributed by atoms with Crippen LogP contribution in [0.1, 0.15) is 12.8 Å². The van der Waals surface area contributed by atoms with E-state index in [1.54, 1.807) is 18.2 Å². The number of rotatable bonds is 3. The van der Waals surface area contributed by atoms with Crippen LogP contribution >= 0.6 is 27.5 Å². The summed E-state index contributed by atoms with van der Waals surface area (Å²) in [5.41, 5.74) is 0.596. The summed E-state index contributed by atoms with van der Waals surface area (Å²) in [7, 11) is -2.94. The van der Waals surface area contributed by atoms with Gasteiger partial charge in [-0.3, -0.25) is 4.79 Å². The molecule has 1 heterocycles. The van der Waals surface area contributed by atoms with Crippen LogP contribution in [-0.4, -0.2) is 25.8 Å². The van der Waals surface area contributed by atoms with E-state index < -0.39 is 9.84 Å². The average Bonchev–Trinajstić information content (AvgIpc) is 2.63. The van der Waals surface area contributed by atoms with E-state index in [0.29, 0.717) is 17.1 Å². The fourth-order valence-corrected chi connectivity index (χ4v) is 4.47. The minimum absolute atomic E-state index is 0.0806. The lowest BCUT2D eigenvalue weighted by Gasteiger charge is -2.10. The molecule has 1 saturated heterocycles. The Kier molecular flexibility index (Phi) is 4.53. The zero-order chi connectivity index (χ0) is 14.0. The largest absolute Gasteiger partial charge is 0.325 e. The van der Waals surface area contributed by atoms with E-state index in [4.69, 9.17) is 11.6 Å². The van der Waals surface area contributed by atoms with Crippen LogP contribution in [0.2, 0.25) is 5.02 Å². The fraction of sp³-hybridized carbons (Fsp3) is 0.417. The standard InChI is InChI=1S/C12H13BrClNO3S/c13-10-2-1-9(14)6-11(10)15-12(16)5-8-3-4-19(17,18)7-8/h1-2,6,8H,3-5,7H2,(H,15,16). The van der Waals surface area contributed by atoms with E-state index in [0.717, 1.165) is 4.47 Å².